The Labute approximate surface area is 115 Å². The van der Waals surface area contributed by atoms with Crippen molar-refractivity contribution in [2.45, 2.75) is 39.0 Å². The molecule has 2 unspecified atom stereocenters. The number of hydrogen-bond donors (Lipinski definition) is 1. The molecule has 0 fully saturated rings. The van der Waals surface area contributed by atoms with Crippen LogP contribution in [0.3, 0.4) is 0 Å². The van der Waals surface area contributed by atoms with Gasteiger partial charge in [0.05, 0.1) is 12.0 Å². The van der Waals surface area contributed by atoms with Crippen molar-refractivity contribution in [3.05, 3.63) is 35.9 Å². The Hall–Kier alpha value is -1.82. The molecule has 0 saturated carbocycles. The molecule has 1 aromatic carbocycles. The molecule has 1 amide bonds. The van der Waals surface area contributed by atoms with E-state index in [0.29, 0.717) is 25.3 Å². The summed E-state index contributed by atoms with van der Waals surface area (Å²) in [5, 5.41) is 11.4. The van der Waals surface area contributed by atoms with E-state index in [0.717, 1.165) is 12.0 Å². The van der Waals surface area contributed by atoms with Crippen molar-refractivity contribution < 1.29 is 4.79 Å². The largest absolute Gasteiger partial charge is 0.356 e. The van der Waals surface area contributed by atoms with E-state index in [-0.39, 0.29) is 11.8 Å². The first-order valence-corrected chi connectivity index (χ1v) is 6.90. The monoisotopic (exact) mass is 258 g/mol. The zero-order valence-corrected chi connectivity index (χ0v) is 11.7. The Morgan fingerprint density at radius 1 is 1.37 bits per heavy atom. The van der Waals surface area contributed by atoms with Gasteiger partial charge in [0.2, 0.25) is 5.91 Å². The Bertz CT molecular complexity index is 422. The molecule has 1 rings (SSSR count). The Morgan fingerprint density at radius 2 is 2.05 bits per heavy atom. The summed E-state index contributed by atoms with van der Waals surface area (Å²) in [6, 6.07) is 12.0. The summed E-state index contributed by atoms with van der Waals surface area (Å²) in [6.07, 6.45) is 2.16. The van der Waals surface area contributed by atoms with Crippen LogP contribution in [0, 0.1) is 17.2 Å². The summed E-state index contributed by atoms with van der Waals surface area (Å²) >= 11 is 0. The predicted octanol–water partition coefficient (Wildman–Crippen LogP) is 3.24. The molecule has 1 N–H and O–H groups in total. The summed E-state index contributed by atoms with van der Waals surface area (Å²) in [5.41, 5.74) is 1.06. The molecule has 19 heavy (non-hydrogen) atoms. The van der Waals surface area contributed by atoms with E-state index in [1.54, 1.807) is 0 Å². The van der Waals surface area contributed by atoms with E-state index < -0.39 is 0 Å². The highest BCUT2D eigenvalue weighted by molar-refractivity contribution is 5.83. The van der Waals surface area contributed by atoms with Gasteiger partial charge in [0.15, 0.2) is 0 Å². The number of nitrogens with zero attached hydrogens (tertiary/aromatic N) is 1. The number of amides is 1. The van der Waals surface area contributed by atoms with Gasteiger partial charge in [-0.15, -0.1) is 0 Å². The maximum atomic E-state index is 12.3. The molecular weight excluding hydrogens is 236 g/mol. The molecule has 0 aliphatic carbocycles. The van der Waals surface area contributed by atoms with Crippen molar-refractivity contribution >= 4 is 5.91 Å². The topological polar surface area (TPSA) is 52.9 Å². The molecule has 1 aromatic rings. The number of nitriles is 1. The molecular formula is C16H22N2O. The van der Waals surface area contributed by atoms with Crippen molar-refractivity contribution in [1.29, 1.82) is 5.26 Å². The number of rotatable bonds is 7. The summed E-state index contributed by atoms with van der Waals surface area (Å²) in [5.74, 6) is 0.269. The molecule has 2 atom stereocenters. The number of carbonyl (C=O) groups is 1. The summed E-state index contributed by atoms with van der Waals surface area (Å²) in [4.78, 5) is 12.3. The lowest BCUT2D eigenvalue weighted by atomic mass is 9.85. The first-order chi connectivity index (χ1) is 9.20. The van der Waals surface area contributed by atoms with E-state index >= 15 is 0 Å². The molecule has 0 saturated heterocycles. The van der Waals surface area contributed by atoms with E-state index in [4.69, 9.17) is 5.26 Å². The number of unbranched alkanes of at least 4 members (excludes halogenated alkanes) is 1. The number of carbonyl (C=O) groups excluding carboxylic acids is 1. The second kappa shape index (κ2) is 8.31. The maximum absolute atomic E-state index is 12.3. The molecule has 0 bridgehead atoms. The summed E-state index contributed by atoms with van der Waals surface area (Å²) in [7, 11) is 0. The number of nitrogens with one attached hydrogen (secondary N) is 1. The fourth-order valence-corrected chi connectivity index (χ4v) is 2.12. The molecule has 0 spiro atoms. The minimum absolute atomic E-state index is 0.0680. The lowest BCUT2D eigenvalue weighted by Crippen LogP contribution is -2.33. The van der Waals surface area contributed by atoms with Gasteiger partial charge in [0.25, 0.3) is 0 Å². The van der Waals surface area contributed by atoms with Crippen molar-refractivity contribution in [2.24, 2.45) is 5.92 Å². The molecule has 0 aliphatic rings. The fraction of sp³-hybridized carbons (Fsp3) is 0.500. The van der Waals surface area contributed by atoms with Gasteiger partial charge in [0.1, 0.15) is 0 Å². The van der Waals surface area contributed by atoms with Gasteiger partial charge in [-0.1, -0.05) is 50.6 Å². The Kier molecular flexibility index (Phi) is 6.67. The van der Waals surface area contributed by atoms with Crippen LogP contribution in [0.4, 0.5) is 0 Å². The van der Waals surface area contributed by atoms with Crippen LogP contribution in [0.25, 0.3) is 0 Å². The van der Waals surface area contributed by atoms with Crippen LogP contribution >= 0.6 is 0 Å². The van der Waals surface area contributed by atoms with Crippen LogP contribution in [-0.4, -0.2) is 12.5 Å². The lowest BCUT2D eigenvalue weighted by Gasteiger charge is -2.22. The third-order valence-corrected chi connectivity index (χ3v) is 3.42. The molecule has 102 valence electrons. The van der Waals surface area contributed by atoms with E-state index in [9.17, 15) is 4.79 Å². The van der Waals surface area contributed by atoms with Crippen molar-refractivity contribution in [3.63, 3.8) is 0 Å². The van der Waals surface area contributed by atoms with Gasteiger partial charge < -0.3 is 5.32 Å². The molecule has 0 radical (unpaired) electrons. The van der Waals surface area contributed by atoms with Gasteiger partial charge in [-0.25, -0.2) is 0 Å². The van der Waals surface area contributed by atoms with Crippen molar-refractivity contribution in [2.75, 3.05) is 6.54 Å². The minimum Gasteiger partial charge on any atom is -0.356 e. The molecule has 3 heteroatoms. The highest BCUT2D eigenvalue weighted by Crippen LogP contribution is 2.27. The van der Waals surface area contributed by atoms with Gasteiger partial charge in [0, 0.05) is 13.0 Å². The van der Waals surface area contributed by atoms with Gasteiger partial charge >= 0.3 is 0 Å². The van der Waals surface area contributed by atoms with Crippen LogP contribution in [0.2, 0.25) is 0 Å². The van der Waals surface area contributed by atoms with Crippen molar-refractivity contribution in [1.82, 2.24) is 5.32 Å². The second-order valence-electron chi connectivity index (χ2n) is 4.83. The first kappa shape index (κ1) is 15.2. The third-order valence-electron chi connectivity index (χ3n) is 3.42. The quantitative estimate of drug-likeness (QED) is 0.763. The van der Waals surface area contributed by atoms with Crippen LogP contribution < -0.4 is 5.32 Å². The van der Waals surface area contributed by atoms with Crippen LogP contribution in [0.5, 0.6) is 0 Å². The van der Waals surface area contributed by atoms with Gasteiger partial charge in [-0.3, -0.25) is 4.79 Å². The third kappa shape index (κ3) is 4.75. The van der Waals surface area contributed by atoms with Crippen LogP contribution in [-0.2, 0) is 4.79 Å². The SMILES string of the molecule is CCC(C)C(C(=O)NCCCC#N)c1ccccc1. The van der Waals surface area contributed by atoms with E-state index in [1.165, 1.54) is 0 Å². The molecule has 3 nitrogen and oxygen atoms in total. The summed E-state index contributed by atoms with van der Waals surface area (Å²) in [6.45, 7) is 4.78. The Morgan fingerprint density at radius 3 is 2.63 bits per heavy atom. The fourth-order valence-electron chi connectivity index (χ4n) is 2.12. The highest BCUT2D eigenvalue weighted by atomic mass is 16.1. The molecule has 0 heterocycles. The minimum atomic E-state index is -0.103. The van der Waals surface area contributed by atoms with Crippen LogP contribution in [0.15, 0.2) is 30.3 Å². The van der Waals surface area contributed by atoms with Crippen LogP contribution in [0.1, 0.15) is 44.6 Å². The first-order valence-electron chi connectivity index (χ1n) is 6.90. The average molecular weight is 258 g/mol. The second-order valence-corrected chi connectivity index (χ2v) is 4.83. The lowest BCUT2D eigenvalue weighted by molar-refractivity contribution is -0.123. The van der Waals surface area contributed by atoms with Crippen molar-refractivity contribution in [3.8, 4) is 6.07 Å². The number of benzene rings is 1. The average Bonchev–Trinajstić information content (AvgIpc) is 2.45. The Balaban J connectivity index is 2.70. The standard InChI is InChI=1S/C16H22N2O/c1-3-13(2)15(14-9-5-4-6-10-14)16(19)18-12-8-7-11-17/h4-6,9-10,13,15H,3,7-8,12H2,1-2H3,(H,18,19). The zero-order chi connectivity index (χ0) is 14.1. The molecule has 0 aliphatic heterocycles. The molecule has 0 aromatic heterocycles. The van der Waals surface area contributed by atoms with Gasteiger partial charge in [-0.2, -0.15) is 5.26 Å². The van der Waals surface area contributed by atoms with E-state index in [1.807, 2.05) is 30.3 Å². The highest BCUT2D eigenvalue weighted by Gasteiger charge is 2.25. The maximum Gasteiger partial charge on any atom is 0.227 e. The van der Waals surface area contributed by atoms with E-state index in [2.05, 4.69) is 25.2 Å². The predicted molar refractivity (Wildman–Crippen MR) is 76.5 cm³/mol. The normalized spacial score (nSPS) is 13.3. The summed E-state index contributed by atoms with van der Waals surface area (Å²) < 4.78 is 0. The van der Waals surface area contributed by atoms with Gasteiger partial charge in [-0.05, 0) is 17.9 Å². The number of hydrogen-bond acceptors (Lipinski definition) is 2. The zero-order valence-electron chi connectivity index (χ0n) is 11.7. The smallest absolute Gasteiger partial charge is 0.227 e.